The molecule has 2 heterocycles. The molecule has 0 aliphatic heterocycles. The molecule has 0 amide bonds. The van der Waals surface area contributed by atoms with Crippen LogP contribution in [0.2, 0.25) is 5.15 Å². The molecule has 0 fully saturated rings. The van der Waals surface area contributed by atoms with Crippen molar-refractivity contribution in [1.82, 2.24) is 4.98 Å². The fourth-order valence-corrected chi connectivity index (χ4v) is 4.36. The van der Waals surface area contributed by atoms with E-state index in [-0.39, 0.29) is 21.9 Å². The van der Waals surface area contributed by atoms with Crippen LogP contribution in [0.4, 0.5) is 24.5 Å². The van der Waals surface area contributed by atoms with E-state index in [1.807, 2.05) is 0 Å². The summed E-state index contributed by atoms with van der Waals surface area (Å²) in [5.41, 5.74) is 8.17. The summed E-state index contributed by atoms with van der Waals surface area (Å²) in [5, 5.41) is 2.93. The van der Waals surface area contributed by atoms with Gasteiger partial charge < -0.3 is 15.5 Å². The van der Waals surface area contributed by atoms with Gasteiger partial charge in [0.2, 0.25) is 0 Å². The highest BCUT2D eigenvalue weighted by Gasteiger charge is 2.36. The molecule has 1 atom stereocenters. The van der Waals surface area contributed by atoms with Crippen LogP contribution in [0, 0.1) is 13.8 Å². The lowest BCUT2D eigenvalue weighted by molar-refractivity contribution is -0.140. The summed E-state index contributed by atoms with van der Waals surface area (Å²) in [5.74, 6) is 0.338. The van der Waals surface area contributed by atoms with Crippen molar-refractivity contribution in [3.8, 4) is 11.3 Å². The van der Waals surface area contributed by atoms with Crippen molar-refractivity contribution in [2.24, 2.45) is 4.99 Å². The summed E-state index contributed by atoms with van der Waals surface area (Å²) in [4.78, 5) is 20.9. The predicted octanol–water partition coefficient (Wildman–Crippen LogP) is 6.95. The summed E-state index contributed by atoms with van der Waals surface area (Å²) in [6.07, 6.45) is -3.11. The number of alkyl halides is 3. The number of nitrogens with two attached hydrogens (primary N) is 1. The third-order valence-corrected chi connectivity index (χ3v) is 6.19. The molecule has 6 nitrogen and oxygen atoms in total. The Hall–Kier alpha value is -3.85. The number of aliphatic imine (C=N–C) groups is 1. The number of anilines is 2. The Morgan fingerprint density at radius 3 is 2.57 bits per heavy atom. The summed E-state index contributed by atoms with van der Waals surface area (Å²) >= 11 is 5.72. The maximum atomic E-state index is 13.6. The third kappa shape index (κ3) is 5.17. The molecular weight excluding hydrogens is 505 g/mol. The normalized spacial score (nSPS) is 12.9. The number of nitrogen functional groups attached to an aromatic ring is 1. The number of rotatable bonds is 5. The minimum atomic E-state index is -4.72. The molecule has 2 aromatic carbocycles. The number of hydrogen-bond acceptors (Lipinski definition) is 6. The van der Waals surface area contributed by atoms with Gasteiger partial charge in [-0.15, -0.1) is 0 Å². The Bertz CT molecular complexity index is 1600. The lowest BCUT2D eigenvalue weighted by Gasteiger charge is -2.21. The van der Waals surface area contributed by atoms with Crippen LogP contribution in [0.1, 0.15) is 40.9 Å². The second-order valence-electron chi connectivity index (χ2n) is 8.74. The molecule has 3 N–H and O–H groups in total. The van der Waals surface area contributed by atoms with Gasteiger partial charge in [0.1, 0.15) is 16.5 Å². The van der Waals surface area contributed by atoms with Crippen LogP contribution in [-0.2, 0) is 6.18 Å². The van der Waals surface area contributed by atoms with Crippen molar-refractivity contribution in [1.29, 1.82) is 0 Å². The first-order chi connectivity index (χ1) is 17.4. The van der Waals surface area contributed by atoms with Gasteiger partial charge in [-0.05, 0) is 62.7 Å². The molecule has 2 aromatic heterocycles. The second-order valence-corrected chi connectivity index (χ2v) is 9.13. The van der Waals surface area contributed by atoms with Crippen molar-refractivity contribution < 1.29 is 17.6 Å². The number of hydrogen-bond donors (Lipinski definition) is 2. The lowest BCUT2D eigenvalue weighted by atomic mass is 9.98. The number of nitrogens with one attached hydrogen (secondary N) is 1. The third-order valence-electron chi connectivity index (χ3n) is 5.98. The molecule has 192 valence electrons. The first-order valence-corrected chi connectivity index (χ1v) is 11.7. The number of aryl methyl sites for hydroxylation is 1. The molecule has 0 aliphatic carbocycles. The van der Waals surface area contributed by atoms with E-state index < -0.39 is 17.9 Å². The average Bonchev–Trinajstić information content (AvgIpc) is 2.83. The second kappa shape index (κ2) is 9.89. The summed E-state index contributed by atoms with van der Waals surface area (Å²) in [6.45, 7) is 5.16. The lowest BCUT2D eigenvalue weighted by Crippen LogP contribution is -2.16. The zero-order valence-corrected chi connectivity index (χ0v) is 21.3. The number of fused-ring (bicyclic) bond motifs is 1. The van der Waals surface area contributed by atoms with Crippen molar-refractivity contribution in [2.45, 2.75) is 33.0 Å². The van der Waals surface area contributed by atoms with E-state index in [0.717, 1.165) is 5.56 Å². The minimum absolute atomic E-state index is 0.236. The summed E-state index contributed by atoms with van der Waals surface area (Å²) < 4.78 is 47.1. The molecular formula is C27H24ClF3N4O2. The topological polar surface area (TPSA) is 93.5 Å². The largest absolute Gasteiger partial charge is 0.455 e. The number of aromatic nitrogens is 1. The Balaban J connectivity index is 1.89. The van der Waals surface area contributed by atoms with E-state index in [4.69, 9.17) is 21.8 Å². The maximum absolute atomic E-state index is 13.6. The van der Waals surface area contributed by atoms with Crippen LogP contribution in [0.15, 0.2) is 56.7 Å². The van der Waals surface area contributed by atoms with Crippen LogP contribution in [0.3, 0.4) is 0 Å². The van der Waals surface area contributed by atoms with Crippen molar-refractivity contribution in [3.63, 3.8) is 0 Å². The Labute approximate surface area is 216 Å². The van der Waals surface area contributed by atoms with E-state index in [1.54, 1.807) is 64.4 Å². The fourth-order valence-electron chi connectivity index (χ4n) is 4.21. The molecule has 10 heteroatoms. The van der Waals surface area contributed by atoms with Gasteiger partial charge in [-0.3, -0.25) is 9.79 Å². The monoisotopic (exact) mass is 528 g/mol. The van der Waals surface area contributed by atoms with Crippen LogP contribution >= 0.6 is 11.6 Å². The van der Waals surface area contributed by atoms with Crippen LogP contribution in [0.5, 0.6) is 0 Å². The molecule has 0 bridgehead atoms. The smallest absolute Gasteiger partial charge is 0.435 e. The quantitative estimate of drug-likeness (QED) is 0.166. The van der Waals surface area contributed by atoms with Gasteiger partial charge in [-0.2, -0.15) is 13.2 Å². The maximum Gasteiger partial charge on any atom is 0.435 e. The number of pyridine rings is 1. The number of benzene rings is 2. The van der Waals surface area contributed by atoms with Gasteiger partial charge in [-0.1, -0.05) is 17.7 Å². The number of nitrogens with zero attached hydrogens (tertiary/aromatic N) is 2. The van der Waals surface area contributed by atoms with Crippen LogP contribution in [-0.4, -0.2) is 18.2 Å². The van der Waals surface area contributed by atoms with E-state index in [0.29, 0.717) is 39.1 Å². The van der Waals surface area contributed by atoms with Crippen molar-refractivity contribution in [2.75, 3.05) is 18.1 Å². The molecule has 0 aliphatic rings. The Morgan fingerprint density at radius 2 is 1.89 bits per heavy atom. The van der Waals surface area contributed by atoms with Gasteiger partial charge >= 0.3 is 6.18 Å². The van der Waals surface area contributed by atoms with E-state index in [9.17, 15) is 18.0 Å². The zero-order chi connectivity index (χ0) is 27.1. The van der Waals surface area contributed by atoms with Crippen molar-refractivity contribution >= 4 is 40.2 Å². The van der Waals surface area contributed by atoms with E-state index >= 15 is 0 Å². The van der Waals surface area contributed by atoms with Crippen molar-refractivity contribution in [3.05, 3.63) is 85.8 Å². The highest BCUT2D eigenvalue weighted by Crippen LogP contribution is 2.37. The van der Waals surface area contributed by atoms with E-state index in [2.05, 4.69) is 15.3 Å². The highest BCUT2D eigenvalue weighted by atomic mass is 35.5. The predicted molar refractivity (Wildman–Crippen MR) is 142 cm³/mol. The Morgan fingerprint density at radius 1 is 1.16 bits per heavy atom. The van der Waals surface area contributed by atoms with Gasteiger partial charge in [0.25, 0.3) is 0 Å². The molecule has 0 spiro atoms. The van der Waals surface area contributed by atoms with Gasteiger partial charge in [0.05, 0.1) is 17.1 Å². The molecule has 4 rings (SSSR count). The fraction of sp³-hybridized carbons (Fsp3) is 0.222. The Kier molecular flexibility index (Phi) is 7.01. The molecule has 1 unspecified atom stereocenters. The van der Waals surface area contributed by atoms with Gasteiger partial charge in [0, 0.05) is 41.2 Å². The SMILES string of the molecule is CN=Cc1cc(-c2oc3c(C(C)Nc4ccc(Cl)nc4C(F)(F)F)cc(C)cc3c(=O)c2C)ccc1N. The molecule has 37 heavy (non-hydrogen) atoms. The summed E-state index contributed by atoms with van der Waals surface area (Å²) in [6, 6.07) is 10.5. The molecule has 0 saturated carbocycles. The summed E-state index contributed by atoms with van der Waals surface area (Å²) in [7, 11) is 1.62. The standard InChI is InChI=1S/C27H24ClF3N4O2/c1-13-9-18(15(3)34-21-7-8-22(28)35-26(21)27(29,30)31)25-19(10-13)23(36)14(2)24(37-25)16-5-6-20(32)17(11-16)12-33-4/h5-12,15,34H,32H2,1-4H3. The molecule has 0 radical (unpaired) electrons. The first kappa shape index (κ1) is 26.2. The zero-order valence-electron chi connectivity index (χ0n) is 20.5. The number of halogens is 4. The van der Waals surface area contributed by atoms with Crippen LogP contribution < -0.4 is 16.5 Å². The van der Waals surface area contributed by atoms with Gasteiger partial charge in [-0.25, -0.2) is 4.98 Å². The first-order valence-electron chi connectivity index (χ1n) is 11.3. The molecule has 0 saturated heterocycles. The highest BCUT2D eigenvalue weighted by molar-refractivity contribution is 6.29. The van der Waals surface area contributed by atoms with Crippen LogP contribution in [0.25, 0.3) is 22.3 Å². The van der Waals surface area contributed by atoms with E-state index in [1.165, 1.54) is 12.1 Å². The molecule has 4 aromatic rings. The average molecular weight is 529 g/mol. The van der Waals surface area contributed by atoms with Gasteiger partial charge in [0.15, 0.2) is 11.1 Å². The minimum Gasteiger partial charge on any atom is -0.455 e.